The number of imidazole rings is 1. The van der Waals surface area contributed by atoms with Crippen molar-refractivity contribution in [3.8, 4) is 0 Å². The van der Waals surface area contributed by atoms with Crippen LogP contribution in [0, 0.1) is 0 Å². The first-order chi connectivity index (χ1) is 19.3. The summed E-state index contributed by atoms with van der Waals surface area (Å²) in [6.45, 7) is -1.32. The molecule has 2 saturated heterocycles. The van der Waals surface area contributed by atoms with Crippen molar-refractivity contribution < 1.29 is 52.0 Å². The van der Waals surface area contributed by atoms with Crippen molar-refractivity contribution in [2.45, 2.75) is 49.7 Å². The lowest BCUT2D eigenvalue weighted by Gasteiger charge is -2.22. The number of aromatic nitrogens is 6. The summed E-state index contributed by atoms with van der Waals surface area (Å²) in [4.78, 5) is 56.5. The van der Waals surface area contributed by atoms with Gasteiger partial charge < -0.3 is 40.7 Å². The standard InChI is InChI=1S/C19H26N8O12P2/c20-13-1-2-26(19(29)25-13)15-4-10(12(38-15)6-35-40(30,31)32)39-41(33,34)36-5-11-9(28)3-14(37-11)27-8-24-16-17(21)22-7-23-18(16)27/h1-2,7-12,14-15,28H,3-6H2,(H,33,34)(H2,20,25,29)(H2,21,22,23)(H2,30,31,32)/t9-,10-,11+,12+,14+,15-/m0/s1. The number of hydrogen-bond acceptors (Lipinski definition) is 15. The van der Waals surface area contributed by atoms with Gasteiger partial charge in [0.1, 0.15) is 48.4 Å². The monoisotopic (exact) mass is 620 g/mol. The van der Waals surface area contributed by atoms with Crippen LogP contribution < -0.4 is 17.2 Å². The van der Waals surface area contributed by atoms with Crippen molar-refractivity contribution in [3.05, 3.63) is 35.4 Å². The van der Waals surface area contributed by atoms with Crippen LogP contribution in [0.5, 0.6) is 0 Å². The molecule has 22 heteroatoms. The molecule has 0 spiro atoms. The first-order valence-electron chi connectivity index (χ1n) is 11.9. The van der Waals surface area contributed by atoms with Crippen molar-refractivity contribution in [2.75, 3.05) is 24.7 Å². The maximum atomic E-state index is 12.8. The Morgan fingerprint density at radius 1 is 1.00 bits per heavy atom. The summed E-state index contributed by atoms with van der Waals surface area (Å²) >= 11 is 0. The van der Waals surface area contributed by atoms with Gasteiger partial charge in [-0.3, -0.25) is 22.7 Å². The van der Waals surface area contributed by atoms with E-state index in [0.29, 0.717) is 11.2 Å². The average Bonchev–Trinajstić information content (AvgIpc) is 3.58. The zero-order valence-corrected chi connectivity index (χ0v) is 22.7. The van der Waals surface area contributed by atoms with Gasteiger partial charge in [-0.05, 0) is 6.07 Å². The lowest BCUT2D eigenvalue weighted by Crippen LogP contribution is -2.30. The van der Waals surface area contributed by atoms with Crippen LogP contribution >= 0.6 is 15.6 Å². The Balaban J connectivity index is 1.24. The first-order valence-corrected chi connectivity index (χ1v) is 14.9. The molecule has 0 radical (unpaired) electrons. The van der Waals surface area contributed by atoms with Crippen molar-refractivity contribution in [1.29, 1.82) is 0 Å². The van der Waals surface area contributed by atoms with Crippen LogP contribution in [0.25, 0.3) is 11.2 Å². The summed E-state index contributed by atoms with van der Waals surface area (Å²) in [6.07, 6.45) is -2.86. The molecule has 5 heterocycles. The molecule has 3 aromatic heterocycles. The van der Waals surface area contributed by atoms with E-state index in [2.05, 4.69) is 24.5 Å². The van der Waals surface area contributed by atoms with E-state index < -0.39 is 71.4 Å². The number of aliphatic hydroxyl groups excluding tert-OH is 1. The molecule has 224 valence electrons. The van der Waals surface area contributed by atoms with Crippen molar-refractivity contribution in [1.82, 2.24) is 29.1 Å². The summed E-state index contributed by atoms with van der Waals surface area (Å²) in [5.41, 5.74) is 11.2. The number of phosphoric acid groups is 2. The SMILES string of the molecule is Nc1ccn([C@@H]2C[C@H](OP(=O)(O)OC[C@H]3O[C@@H](n4cnc5c(N)ncnc54)C[C@@H]3O)[C@@H](COP(=O)(O)O)O2)c(=O)n1. The molecular weight excluding hydrogens is 594 g/mol. The summed E-state index contributed by atoms with van der Waals surface area (Å²) in [5, 5.41) is 10.5. The van der Waals surface area contributed by atoms with Crippen LogP contribution in [-0.4, -0.2) is 86.5 Å². The maximum absolute atomic E-state index is 12.8. The van der Waals surface area contributed by atoms with Gasteiger partial charge in [0.05, 0.1) is 25.6 Å². The molecule has 2 aliphatic rings. The van der Waals surface area contributed by atoms with Crippen molar-refractivity contribution >= 4 is 38.4 Å². The van der Waals surface area contributed by atoms with Crippen LogP contribution in [0.15, 0.2) is 29.7 Å². The van der Waals surface area contributed by atoms with Crippen molar-refractivity contribution in [2.24, 2.45) is 0 Å². The van der Waals surface area contributed by atoms with Gasteiger partial charge in [0, 0.05) is 19.0 Å². The van der Waals surface area contributed by atoms with E-state index in [1.807, 2.05) is 0 Å². The Hall–Kier alpha value is -2.87. The molecule has 7 atom stereocenters. The molecule has 8 N–H and O–H groups in total. The van der Waals surface area contributed by atoms with E-state index >= 15 is 0 Å². The smallest absolute Gasteiger partial charge is 0.390 e. The molecule has 0 bridgehead atoms. The van der Waals surface area contributed by atoms with Crippen LogP contribution in [0.4, 0.5) is 11.6 Å². The molecule has 0 aliphatic carbocycles. The number of phosphoric ester groups is 2. The van der Waals surface area contributed by atoms with Gasteiger partial charge in [0.2, 0.25) is 0 Å². The third-order valence-electron chi connectivity index (χ3n) is 6.32. The number of rotatable bonds is 10. The molecule has 1 unspecified atom stereocenters. The molecule has 2 fully saturated rings. The van der Waals surface area contributed by atoms with E-state index in [-0.39, 0.29) is 24.5 Å². The number of aliphatic hydroxyl groups is 1. The highest BCUT2D eigenvalue weighted by Crippen LogP contribution is 2.49. The fourth-order valence-corrected chi connectivity index (χ4v) is 5.73. The normalized spacial score (nSPS) is 28.3. The van der Waals surface area contributed by atoms with Crippen LogP contribution in [0.1, 0.15) is 25.3 Å². The number of nitrogens with two attached hydrogens (primary N) is 2. The van der Waals surface area contributed by atoms with Gasteiger partial charge in [-0.15, -0.1) is 0 Å². The molecule has 0 aromatic carbocycles. The molecule has 20 nitrogen and oxygen atoms in total. The topological polar surface area (TPSA) is 292 Å². The molecule has 2 aliphatic heterocycles. The number of ether oxygens (including phenoxy) is 2. The van der Waals surface area contributed by atoms with Gasteiger partial charge in [0.15, 0.2) is 11.5 Å². The second-order valence-electron chi connectivity index (χ2n) is 9.12. The summed E-state index contributed by atoms with van der Waals surface area (Å²) in [6, 6.07) is 1.31. The minimum absolute atomic E-state index is 0.0520. The molecule has 41 heavy (non-hydrogen) atoms. The van der Waals surface area contributed by atoms with E-state index in [9.17, 15) is 23.9 Å². The summed E-state index contributed by atoms with van der Waals surface area (Å²) < 4.78 is 52.8. The minimum Gasteiger partial charge on any atom is -0.390 e. The quantitative estimate of drug-likeness (QED) is 0.145. The highest BCUT2D eigenvalue weighted by Gasteiger charge is 2.44. The number of nitrogen functional groups attached to an aromatic ring is 2. The van der Waals surface area contributed by atoms with E-state index in [1.54, 1.807) is 0 Å². The van der Waals surface area contributed by atoms with E-state index in [0.717, 1.165) is 4.57 Å². The van der Waals surface area contributed by atoms with Crippen LogP contribution in [-0.2, 0) is 32.2 Å². The fraction of sp³-hybridized carbons (Fsp3) is 0.526. The van der Waals surface area contributed by atoms with Crippen LogP contribution in [0.3, 0.4) is 0 Å². The summed E-state index contributed by atoms with van der Waals surface area (Å²) in [5.74, 6) is 0.106. The lowest BCUT2D eigenvalue weighted by atomic mass is 10.2. The predicted octanol–water partition coefficient (Wildman–Crippen LogP) is -1.21. The van der Waals surface area contributed by atoms with Gasteiger partial charge in [0.25, 0.3) is 0 Å². The van der Waals surface area contributed by atoms with Gasteiger partial charge in [-0.2, -0.15) is 4.98 Å². The second-order valence-corrected chi connectivity index (χ2v) is 11.8. The molecule has 5 rings (SSSR count). The second kappa shape index (κ2) is 11.4. The highest BCUT2D eigenvalue weighted by molar-refractivity contribution is 7.47. The lowest BCUT2D eigenvalue weighted by molar-refractivity contribution is -0.0558. The number of nitrogens with zero attached hydrogens (tertiary/aromatic N) is 6. The maximum Gasteiger partial charge on any atom is 0.472 e. The third-order valence-corrected chi connectivity index (χ3v) is 7.82. The summed E-state index contributed by atoms with van der Waals surface area (Å²) in [7, 11) is -9.83. The Kier molecular flexibility index (Phi) is 8.25. The highest BCUT2D eigenvalue weighted by atomic mass is 31.2. The van der Waals surface area contributed by atoms with E-state index in [4.69, 9.17) is 39.8 Å². The largest absolute Gasteiger partial charge is 0.472 e. The Bertz CT molecular complexity index is 1560. The Labute approximate surface area is 229 Å². The molecular formula is C19H26N8O12P2. The van der Waals surface area contributed by atoms with E-state index in [1.165, 1.54) is 29.5 Å². The van der Waals surface area contributed by atoms with Gasteiger partial charge in [-0.1, -0.05) is 0 Å². The van der Waals surface area contributed by atoms with Gasteiger partial charge >= 0.3 is 21.3 Å². The zero-order valence-electron chi connectivity index (χ0n) is 20.9. The molecule has 0 amide bonds. The number of fused-ring (bicyclic) bond motifs is 1. The van der Waals surface area contributed by atoms with Crippen molar-refractivity contribution in [3.63, 3.8) is 0 Å². The third kappa shape index (κ3) is 6.79. The van der Waals surface area contributed by atoms with Crippen LogP contribution in [0.2, 0.25) is 0 Å². The first kappa shape index (κ1) is 29.6. The van der Waals surface area contributed by atoms with Gasteiger partial charge in [-0.25, -0.2) is 28.9 Å². The zero-order chi connectivity index (χ0) is 29.5. The Morgan fingerprint density at radius 3 is 2.44 bits per heavy atom. The minimum atomic E-state index is -4.94. The fourth-order valence-electron chi connectivity index (χ4n) is 4.43. The Morgan fingerprint density at radius 2 is 1.71 bits per heavy atom. The number of anilines is 2. The molecule has 0 saturated carbocycles. The predicted molar refractivity (Wildman–Crippen MR) is 134 cm³/mol. The molecule has 3 aromatic rings. The number of hydrogen-bond donors (Lipinski definition) is 6. The average molecular weight is 620 g/mol.